The highest BCUT2D eigenvalue weighted by molar-refractivity contribution is 7.20. The predicted molar refractivity (Wildman–Crippen MR) is 82.7 cm³/mol. The molecule has 0 radical (unpaired) electrons. The van der Waals surface area contributed by atoms with Crippen LogP contribution in [0.1, 0.15) is 20.8 Å². The highest BCUT2D eigenvalue weighted by Gasteiger charge is 2.47. The van der Waals surface area contributed by atoms with Crippen LogP contribution in [-0.2, 0) is 14.2 Å². The van der Waals surface area contributed by atoms with Crippen LogP contribution >= 0.6 is 11.1 Å². The van der Waals surface area contributed by atoms with Crippen LogP contribution in [0.3, 0.4) is 0 Å². The highest BCUT2D eigenvalue weighted by atomic mass is 35.6. The summed E-state index contributed by atoms with van der Waals surface area (Å²) in [5.41, 5.74) is 0. The molecule has 0 spiro atoms. The molecule has 0 aromatic heterocycles. The van der Waals surface area contributed by atoms with Crippen LogP contribution in [0.5, 0.6) is 0 Å². The Bertz CT molecular complexity index is 304. The van der Waals surface area contributed by atoms with E-state index in [0.29, 0.717) is 36.1 Å². The highest BCUT2D eigenvalue weighted by Crippen LogP contribution is 2.42. The van der Waals surface area contributed by atoms with E-state index < -0.39 is 7.38 Å². The van der Waals surface area contributed by atoms with Gasteiger partial charge in [-0.2, -0.15) is 11.1 Å². The van der Waals surface area contributed by atoms with Crippen LogP contribution in [0, 0.1) is 17.8 Å². The van der Waals surface area contributed by atoms with Crippen molar-refractivity contribution in [3.8, 4) is 0 Å². The quantitative estimate of drug-likeness (QED) is 0.555. The fourth-order valence-electron chi connectivity index (χ4n) is 3.39. The normalized spacial score (nSPS) is 46.8. The molecule has 0 aromatic rings. The van der Waals surface area contributed by atoms with Crippen LogP contribution in [0.25, 0.3) is 0 Å². The SMILES string of the molecule is CC1COC1C[Si](Cl)(CC1OCC1C)CC1OCC1C. The Morgan fingerprint density at radius 3 is 1.20 bits per heavy atom. The zero-order valence-electron chi connectivity index (χ0n) is 12.8. The summed E-state index contributed by atoms with van der Waals surface area (Å²) in [4.78, 5) is 0. The fraction of sp³-hybridized carbons (Fsp3) is 1.00. The second-order valence-corrected chi connectivity index (χ2v) is 13.2. The minimum absolute atomic E-state index is 0.380. The second kappa shape index (κ2) is 5.88. The Balaban J connectivity index is 1.61. The van der Waals surface area contributed by atoms with Crippen molar-refractivity contribution in [3.63, 3.8) is 0 Å². The van der Waals surface area contributed by atoms with E-state index in [1.54, 1.807) is 0 Å². The first-order chi connectivity index (χ1) is 9.47. The summed E-state index contributed by atoms with van der Waals surface area (Å²) in [5, 5.41) is 0. The topological polar surface area (TPSA) is 27.7 Å². The van der Waals surface area contributed by atoms with Crippen molar-refractivity contribution in [2.45, 2.75) is 57.2 Å². The van der Waals surface area contributed by atoms with Gasteiger partial charge in [0.15, 0.2) is 7.38 Å². The number of ether oxygens (including phenoxy) is 3. The van der Waals surface area contributed by atoms with Gasteiger partial charge in [0.2, 0.25) is 0 Å². The van der Waals surface area contributed by atoms with Crippen molar-refractivity contribution in [2.75, 3.05) is 19.8 Å². The third-order valence-corrected chi connectivity index (χ3v) is 10.1. The van der Waals surface area contributed by atoms with Crippen LogP contribution in [0.15, 0.2) is 0 Å². The van der Waals surface area contributed by atoms with Crippen LogP contribution in [-0.4, -0.2) is 45.5 Å². The molecule has 0 aromatic carbocycles. The Kier molecular flexibility index (Phi) is 4.49. The molecule has 3 aliphatic rings. The molecule has 5 heteroatoms. The second-order valence-electron chi connectivity index (χ2n) is 7.31. The monoisotopic (exact) mass is 318 g/mol. The van der Waals surface area contributed by atoms with Crippen LogP contribution in [0.2, 0.25) is 18.1 Å². The van der Waals surface area contributed by atoms with Gasteiger partial charge in [0.1, 0.15) is 0 Å². The molecule has 3 nitrogen and oxygen atoms in total. The lowest BCUT2D eigenvalue weighted by molar-refractivity contribution is -0.105. The van der Waals surface area contributed by atoms with Gasteiger partial charge in [-0.3, -0.25) is 0 Å². The molecule has 6 unspecified atom stereocenters. The molecule has 3 saturated heterocycles. The summed E-state index contributed by atoms with van der Waals surface area (Å²) in [7, 11) is -1.88. The van der Waals surface area contributed by atoms with Gasteiger partial charge in [0, 0.05) is 17.8 Å². The molecular formula is C15H27ClO3Si. The molecule has 20 heavy (non-hydrogen) atoms. The van der Waals surface area contributed by atoms with Gasteiger partial charge in [-0.15, -0.1) is 0 Å². The van der Waals surface area contributed by atoms with Gasteiger partial charge in [0.25, 0.3) is 0 Å². The lowest BCUT2D eigenvalue weighted by Gasteiger charge is -2.46. The van der Waals surface area contributed by atoms with Crippen molar-refractivity contribution in [1.82, 2.24) is 0 Å². The molecule has 0 N–H and O–H groups in total. The van der Waals surface area contributed by atoms with E-state index in [2.05, 4.69) is 20.8 Å². The van der Waals surface area contributed by atoms with Crippen molar-refractivity contribution in [3.05, 3.63) is 0 Å². The van der Waals surface area contributed by atoms with Gasteiger partial charge in [-0.05, 0) is 18.1 Å². The van der Waals surface area contributed by atoms with Gasteiger partial charge in [-0.1, -0.05) is 20.8 Å². The smallest absolute Gasteiger partial charge is 0.164 e. The van der Waals surface area contributed by atoms with E-state index in [4.69, 9.17) is 25.3 Å². The summed E-state index contributed by atoms with van der Waals surface area (Å²) in [6.07, 6.45) is 1.14. The minimum atomic E-state index is -1.88. The van der Waals surface area contributed by atoms with E-state index in [1.165, 1.54) is 0 Å². The Morgan fingerprint density at radius 2 is 1.05 bits per heavy atom. The minimum Gasteiger partial charge on any atom is -0.378 e. The van der Waals surface area contributed by atoms with Crippen molar-refractivity contribution < 1.29 is 14.2 Å². The maximum Gasteiger partial charge on any atom is 0.164 e. The molecule has 3 rings (SSSR count). The Labute approximate surface area is 128 Å². The molecule has 3 heterocycles. The van der Waals surface area contributed by atoms with Gasteiger partial charge in [-0.25, -0.2) is 0 Å². The molecule has 0 aliphatic carbocycles. The van der Waals surface area contributed by atoms with Crippen molar-refractivity contribution in [2.24, 2.45) is 17.8 Å². The van der Waals surface area contributed by atoms with Gasteiger partial charge >= 0.3 is 0 Å². The zero-order valence-corrected chi connectivity index (χ0v) is 14.6. The van der Waals surface area contributed by atoms with E-state index in [-0.39, 0.29) is 0 Å². The molecule has 3 aliphatic heterocycles. The molecule has 0 bridgehead atoms. The summed E-state index contributed by atoms with van der Waals surface area (Å²) >= 11 is 7.16. The average Bonchev–Trinajstić information content (AvgIpc) is 2.43. The Hall–Kier alpha value is 0.387. The van der Waals surface area contributed by atoms with Crippen LogP contribution < -0.4 is 0 Å². The maximum absolute atomic E-state index is 7.16. The largest absolute Gasteiger partial charge is 0.378 e. The van der Waals surface area contributed by atoms with Gasteiger partial charge in [0.05, 0.1) is 38.1 Å². The van der Waals surface area contributed by atoms with E-state index in [0.717, 1.165) is 38.0 Å². The van der Waals surface area contributed by atoms with Gasteiger partial charge < -0.3 is 14.2 Å². The summed E-state index contributed by atoms with van der Waals surface area (Å²) in [5.74, 6) is 2.00. The number of rotatable bonds is 6. The summed E-state index contributed by atoms with van der Waals surface area (Å²) < 4.78 is 17.2. The lowest BCUT2D eigenvalue weighted by atomic mass is 10.0. The van der Waals surface area contributed by atoms with Crippen molar-refractivity contribution >= 4 is 18.5 Å². The zero-order chi connectivity index (χ0) is 14.3. The summed E-state index contributed by atoms with van der Waals surface area (Å²) in [6, 6.07) is 3.19. The molecule has 6 atom stereocenters. The number of hydrogen-bond donors (Lipinski definition) is 0. The van der Waals surface area contributed by atoms with Crippen LogP contribution in [0.4, 0.5) is 0 Å². The first-order valence-electron chi connectivity index (χ1n) is 8.00. The molecule has 0 amide bonds. The molecule has 0 saturated carbocycles. The third kappa shape index (κ3) is 3.09. The molecule has 116 valence electrons. The lowest BCUT2D eigenvalue weighted by Crippen LogP contribution is -2.52. The summed E-state index contributed by atoms with van der Waals surface area (Å²) in [6.45, 7) is 9.51. The third-order valence-electron chi connectivity index (χ3n) is 5.32. The standard InChI is InChI=1S/C15H27ClO3Si/c1-10-4-17-13(10)7-20(16,8-14-11(2)5-18-14)9-15-12(3)6-19-15/h10-15H,4-9H2,1-3H3. The van der Waals surface area contributed by atoms with E-state index in [9.17, 15) is 0 Å². The van der Waals surface area contributed by atoms with E-state index in [1.807, 2.05) is 0 Å². The first-order valence-corrected chi connectivity index (χ1v) is 11.6. The number of halogens is 1. The fourth-order valence-corrected chi connectivity index (χ4v) is 8.98. The van der Waals surface area contributed by atoms with E-state index >= 15 is 0 Å². The first kappa shape index (κ1) is 15.3. The molecule has 3 fully saturated rings. The average molecular weight is 319 g/mol. The maximum atomic E-state index is 7.16. The molecular weight excluding hydrogens is 292 g/mol. The Morgan fingerprint density at radius 1 is 0.750 bits per heavy atom. The number of hydrogen-bond acceptors (Lipinski definition) is 3. The van der Waals surface area contributed by atoms with Crippen molar-refractivity contribution in [1.29, 1.82) is 0 Å². The predicted octanol–water partition coefficient (Wildman–Crippen LogP) is 3.28.